The average molecular weight is 633 g/mol. The van der Waals surface area contributed by atoms with E-state index < -0.39 is 58.9 Å². The molecule has 0 saturated heterocycles. The van der Waals surface area contributed by atoms with Gasteiger partial charge in [-0.3, -0.25) is 19.2 Å². The maximum Gasteiger partial charge on any atom is 0.408 e. The predicted octanol–water partition coefficient (Wildman–Crippen LogP) is 4.64. The zero-order chi connectivity index (χ0) is 32.6. The Hall–Kier alpha value is -4.97. The largest absolute Gasteiger partial charge is 0.460 e. The second-order valence-corrected chi connectivity index (χ2v) is 12.0. The maximum absolute atomic E-state index is 13.8. The number of rotatable bonds is 12. The van der Waals surface area contributed by atoms with Crippen LogP contribution in [0.15, 0.2) is 84.9 Å². The second kappa shape index (κ2) is 14.7. The molecule has 1 aliphatic rings. The van der Waals surface area contributed by atoms with Crippen molar-refractivity contribution in [3.05, 3.63) is 107 Å². The number of esters is 2. The highest BCUT2D eigenvalue weighted by molar-refractivity contribution is 8.00. The molecule has 3 amide bonds. The summed E-state index contributed by atoms with van der Waals surface area (Å²) in [4.78, 5) is 79.1. The number of Topliss-reactive ketones (excluding diaryl/α,β-unsaturated/α-hetero) is 1. The molecule has 4 rings (SSSR count). The van der Waals surface area contributed by atoms with E-state index in [2.05, 4.69) is 5.32 Å². The average Bonchev–Trinajstić information content (AvgIpc) is 3.25. The van der Waals surface area contributed by atoms with Crippen molar-refractivity contribution in [1.29, 1.82) is 0 Å². The number of carbonyl (C=O) groups excluding carboxylic acids is 6. The van der Waals surface area contributed by atoms with Crippen molar-refractivity contribution < 1.29 is 43.0 Å². The molecule has 1 unspecified atom stereocenters. The van der Waals surface area contributed by atoms with Gasteiger partial charge >= 0.3 is 18.0 Å². The SMILES string of the molecule is CC(C)(C)OC(=O)N[C@@H](CC(=O)C(SN1C(=O)c2ccccc2C1=O)C(=O)OCc1ccccc1)C(=O)OCc1ccccc1. The first-order chi connectivity index (χ1) is 21.4. The lowest BCUT2D eigenvalue weighted by molar-refractivity contribution is -0.151. The third-order valence-corrected chi connectivity index (χ3v) is 7.51. The van der Waals surface area contributed by atoms with Crippen LogP contribution in [0.2, 0.25) is 0 Å². The Kier molecular flexibility index (Phi) is 10.7. The van der Waals surface area contributed by atoms with E-state index in [0.717, 1.165) is 4.31 Å². The quantitative estimate of drug-likeness (QED) is 0.0986. The summed E-state index contributed by atoms with van der Waals surface area (Å²) < 4.78 is 16.8. The molecule has 2 atom stereocenters. The first-order valence-corrected chi connectivity index (χ1v) is 14.8. The van der Waals surface area contributed by atoms with E-state index in [9.17, 15) is 28.8 Å². The molecule has 0 aromatic heterocycles. The lowest BCUT2D eigenvalue weighted by atomic mass is 10.1. The highest BCUT2D eigenvalue weighted by Gasteiger charge is 2.43. The molecule has 11 nitrogen and oxygen atoms in total. The lowest BCUT2D eigenvalue weighted by Gasteiger charge is -2.24. The number of nitrogens with one attached hydrogen (secondary N) is 1. The van der Waals surface area contributed by atoms with Crippen molar-refractivity contribution in [3.8, 4) is 0 Å². The fraction of sp³-hybridized carbons (Fsp3) is 0.273. The highest BCUT2D eigenvalue weighted by atomic mass is 32.2. The number of benzene rings is 3. The Morgan fingerprint density at radius 1 is 0.733 bits per heavy atom. The maximum atomic E-state index is 13.8. The normalized spacial score (nSPS) is 13.8. The second-order valence-electron chi connectivity index (χ2n) is 11.0. The number of fused-ring (bicyclic) bond motifs is 1. The molecule has 1 N–H and O–H groups in total. The molecule has 1 heterocycles. The van der Waals surface area contributed by atoms with Crippen LogP contribution >= 0.6 is 11.9 Å². The van der Waals surface area contributed by atoms with E-state index in [1.807, 2.05) is 0 Å². The summed E-state index contributed by atoms with van der Waals surface area (Å²) in [5.74, 6) is -4.31. The van der Waals surface area contributed by atoms with Gasteiger partial charge in [0.15, 0.2) is 11.0 Å². The summed E-state index contributed by atoms with van der Waals surface area (Å²) in [5.41, 5.74) is 0.617. The minimum atomic E-state index is -1.75. The third kappa shape index (κ3) is 9.02. The van der Waals surface area contributed by atoms with E-state index in [0.29, 0.717) is 23.1 Å². The molecule has 1 aliphatic heterocycles. The van der Waals surface area contributed by atoms with Gasteiger partial charge in [0.25, 0.3) is 11.8 Å². The number of carbonyl (C=O) groups is 6. The minimum absolute atomic E-state index is 0.118. The van der Waals surface area contributed by atoms with Gasteiger partial charge in [-0.1, -0.05) is 72.8 Å². The molecular formula is C33H32N2O9S. The third-order valence-electron chi connectivity index (χ3n) is 6.30. The number of amides is 3. The van der Waals surface area contributed by atoms with Gasteiger partial charge in [-0.15, -0.1) is 0 Å². The summed E-state index contributed by atoms with van der Waals surface area (Å²) in [7, 11) is 0. The van der Waals surface area contributed by atoms with Crippen LogP contribution in [-0.2, 0) is 41.8 Å². The van der Waals surface area contributed by atoms with Crippen LogP contribution < -0.4 is 5.32 Å². The predicted molar refractivity (Wildman–Crippen MR) is 164 cm³/mol. The van der Waals surface area contributed by atoms with Gasteiger partial charge in [0.2, 0.25) is 0 Å². The van der Waals surface area contributed by atoms with Crippen LogP contribution in [0.25, 0.3) is 0 Å². The van der Waals surface area contributed by atoms with Crippen molar-refractivity contribution in [2.45, 2.75) is 57.3 Å². The Bertz CT molecular complexity index is 1540. The molecule has 0 saturated carbocycles. The molecule has 12 heteroatoms. The summed E-state index contributed by atoms with van der Waals surface area (Å²) >= 11 is 0.383. The topological polar surface area (TPSA) is 145 Å². The van der Waals surface area contributed by atoms with Crippen LogP contribution in [0.4, 0.5) is 4.79 Å². The van der Waals surface area contributed by atoms with Crippen LogP contribution in [0.5, 0.6) is 0 Å². The fourth-order valence-corrected chi connectivity index (χ4v) is 5.15. The highest BCUT2D eigenvalue weighted by Crippen LogP contribution is 2.32. The van der Waals surface area contributed by atoms with E-state index in [1.54, 1.807) is 93.6 Å². The number of alkyl carbamates (subject to hydrolysis) is 1. The van der Waals surface area contributed by atoms with Crippen molar-refractivity contribution in [1.82, 2.24) is 9.62 Å². The molecule has 3 aromatic rings. The van der Waals surface area contributed by atoms with Crippen LogP contribution in [-0.4, -0.2) is 56.8 Å². The summed E-state index contributed by atoms with van der Waals surface area (Å²) in [5, 5.41) is 0.603. The van der Waals surface area contributed by atoms with Crippen molar-refractivity contribution in [2.24, 2.45) is 0 Å². The van der Waals surface area contributed by atoms with Gasteiger partial charge in [-0.2, -0.15) is 0 Å². The molecule has 0 aliphatic carbocycles. The van der Waals surface area contributed by atoms with E-state index in [4.69, 9.17) is 14.2 Å². The Morgan fingerprint density at radius 2 is 1.20 bits per heavy atom. The monoisotopic (exact) mass is 632 g/mol. The molecular weight excluding hydrogens is 600 g/mol. The molecule has 45 heavy (non-hydrogen) atoms. The molecule has 0 spiro atoms. The minimum Gasteiger partial charge on any atom is -0.460 e. The first-order valence-electron chi connectivity index (χ1n) is 14.0. The summed E-state index contributed by atoms with van der Waals surface area (Å²) in [6.45, 7) is 4.53. The number of nitrogens with zero attached hydrogens (tertiary/aromatic N) is 1. The van der Waals surface area contributed by atoms with E-state index in [-0.39, 0.29) is 24.3 Å². The molecule has 0 radical (unpaired) electrons. The van der Waals surface area contributed by atoms with Crippen molar-refractivity contribution in [2.75, 3.05) is 0 Å². The zero-order valence-electron chi connectivity index (χ0n) is 24.9. The Labute approximate surface area is 264 Å². The zero-order valence-corrected chi connectivity index (χ0v) is 25.7. The van der Waals surface area contributed by atoms with Gasteiger partial charge in [0.05, 0.1) is 11.1 Å². The van der Waals surface area contributed by atoms with E-state index >= 15 is 0 Å². The fourth-order valence-electron chi connectivity index (χ4n) is 4.19. The number of ether oxygens (including phenoxy) is 3. The van der Waals surface area contributed by atoms with Gasteiger partial charge in [-0.05, 0) is 56.0 Å². The molecule has 0 fully saturated rings. The van der Waals surface area contributed by atoms with Crippen LogP contribution in [0.3, 0.4) is 0 Å². The smallest absolute Gasteiger partial charge is 0.408 e. The van der Waals surface area contributed by atoms with Crippen molar-refractivity contribution >= 4 is 47.6 Å². The van der Waals surface area contributed by atoms with Gasteiger partial charge < -0.3 is 19.5 Å². The Balaban J connectivity index is 1.56. The van der Waals surface area contributed by atoms with Gasteiger partial charge in [0.1, 0.15) is 24.9 Å². The molecule has 0 bridgehead atoms. The molecule has 234 valence electrons. The lowest BCUT2D eigenvalue weighted by Crippen LogP contribution is -2.47. The standard InChI is InChI=1S/C33H32N2O9S/c1-33(2,3)44-32(41)34-25(30(39)42-19-21-12-6-4-7-13-21)18-26(36)27(31(40)43-20-22-14-8-5-9-15-22)45-35-28(37)23-16-10-11-17-24(23)29(35)38/h4-17,25,27H,18-20H2,1-3H3,(H,34,41)/t25-,27?/m0/s1. The Morgan fingerprint density at radius 3 is 1.69 bits per heavy atom. The van der Waals surface area contributed by atoms with Gasteiger partial charge in [-0.25, -0.2) is 13.9 Å². The number of imide groups is 1. The molecule has 3 aromatic carbocycles. The first kappa shape index (κ1) is 32.9. The van der Waals surface area contributed by atoms with E-state index in [1.165, 1.54) is 12.1 Å². The van der Waals surface area contributed by atoms with Crippen molar-refractivity contribution in [3.63, 3.8) is 0 Å². The van der Waals surface area contributed by atoms with Gasteiger partial charge in [0, 0.05) is 6.42 Å². The summed E-state index contributed by atoms with van der Waals surface area (Å²) in [6, 6.07) is 22.0. The van der Waals surface area contributed by atoms with Crippen LogP contribution in [0.1, 0.15) is 59.0 Å². The summed E-state index contributed by atoms with van der Waals surface area (Å²) in [6.07, 6.45) is -1.72. The number of hydrogen-bond acceptors (Lipinski definition) is 10. The number of ketones is 1. The van der Waals surface area contributed by atoms with Crippen LogP contribution in [0, 0.1) is 0 Å². The number of hydrogen-bond donors (Lipinski definition) is 1.